The number of carbonyl (C=O) groups is 2. The monoisotopic (exact) mass is 367 g/mol. The van der Waals surface area contributed by atoms with E-state index in [0.717, 1.165) is 5.56 Å². The van der Waals surface area contributed by atoms with Gasteiger partial charge in [0.2, 0.25) is 5.91 Å². The molecule has 1 N–H and O–H groups in total. The maximum atomic E-state index is 13.0. The molecule has 6 heteroatoms. The molecule has 1 aromatic heterocycles. The Hall–Kier alpha value is -3.41. The highest BCUT2D eigenvalue weighted by molar-refractivity contribution is 5.94. The molecule has 0 aliphatic heterocycles. The number of hydrogen-bond acceptors (Lipinski definition) is 4. The van der Waals surface area contributed by atoms with Gasteiger partial charge in [-0.05, 0) is 54.6 Å². The van der Waals surface area contributed by atoms with Gasteiger partial charge >= 0.3 is 5.97 Å². The average molecular weight is 367 g/mol. The molecule has 1 amide bonds. The number of carbonyl (C=O) groups excluding carboxylic acids is 2. The summed E-state index contributed by atoms with van der Waals surface area (Å²) in [5.74, 6) is 0.314. The van der Waals surface area contributed by atoms with Gasteiger partial charge in [-0.3, -0.25) is 4.79 Å². The highest BCUT2D eigenvalue weighted by Gasteiger charge is 2.10. The fourth-order valence-electron chi connectivity index (χ4n) is 2.58. The number of nitrogens with one attached hydrogen (secondary N) is 1. The molecule has 0 fully saturated rings. The first-order valence-corrected chi connectivity index (χ1v) is 8.38. The van der Waals surface area contributed by atoms with Crippen LogP contribution < -0.4 is 5.32 Å². The van der Waals surface area contributed by atoms with Crippen LogP contribution in [0.5, 0.6) is 0 Å². The van der Waals surface area contributed by atoms with Crippen LogP contribution >= 0.6 is 0 Å². The molecule has 0 atom stereocenters. The van der Waals surface area contributed by atoms with Crippen LogP contribution in [0.1, 0.15) is 22.5 Å². The molecule has 0 bridgehead atoms. The van der Waals surface area contributed by atoms with Crippen molar-refractivity contribution in [3.63, 3.8) is 0 Å². The van der Waals surface area contributed by atoms with Gasteiger partial charge in [-0.15, -0.1) is 0 Å². The van der Waals surface area contributed by atoms with Crippen molar-refractivity contribution in [3.8, 4) is 11.3 Å². The minimum atomic E-state index is -0.463. The number of halogens is 1. The minimum absolute atomic E-state index is 0.197. The first kappa shape index (κ1) is 18.4. The molecule has 3 rings (SSSR count). The summed E-state index contributed by atoms with van der Waals surface area (Å²) >= 11 is 0. The van der Waals surface area contributed by atoms with Gasteiger partial charge in [0.15, 0.2) is 0 Å². The number of rotatable bonds is 6. The Morgan fingerprint density at radius 3 is 2.59 bits per heavy atom. The van der Waals surface area contributed by atoms with Crippen molar-refractivity contribution in [1.82, 2.24) is 0 Å². The maximum Gasteiger partial charge on any atom is 0.337 e. The van der Waals surface area contributed by atoms with Gasteiger partial charge in [0.1, 0.15) is 17.3 Å². The molecule has 0 aliphatic rings. The third kappa shape index (κ3) is 4.82. The Morgan fingerprint density at radius 2 is 1.85 bits per heavy atom. The zero-order chi connectivity index (χ0) is 19.2. The molecule has 2 aromatic carbocycles. The smallest absolute Gasteiger partial charge is 0.337 e. The van der Waals surface area contributed by atoms with E-state index in [2.05, 4.69) is 10.1 Å². The summed E-state index contributed by atoms with van der Waals surface area (Å²) in [5, 5.41) is 2.75. The van der Waals surface area contributed by atoms with E-state index in [1.54, 1.807) is 48.5 Å². The van der Waals surface area contributed by atoms with Crippen LogP contribution in [0.25, 0.3) is 11.3 Å². The van der Waals surface area contributed by atoms with Gasteiger partial charge in [-0.2, -0.15) is 0 Å². The molecule has 0 saturated heterocycles. The Morgan fingerprint density at radius 1 is 1.07 bits per heavy atom. The van der Waals surface area contributed by atoms with E-state index in [9.17, 15) is 14.0 Å². The Bertz CT molecular complexity index is 947. The lowest BCUT2D eigenvalue weighted by Crippen LogP contribution is -2.12. The first-order chi connectivity index (χ1) is 13.0. The molecular formula is C21H18FNO4. The van der Waals surface area contributed by atoms with Crippen molar-refractivity contribution in [1.29, 1.82) is 0 Å². The van der Waals surface area contributed by atoms with E-state index in [0.29, 0.717) is 29.2 Å². The van der Waals surface area contributed by atoms with E-state index in [1.807, 2.05) is 0 Å². The lowest BCUT2D eigenvalue weighted by Gasteiger charge is -2.06. The number of aryl methyl sites for hydroxylation is 1. The molecule has 0 unspecified atom stereocenters. The molecule has 0 spiro atoms. The lowest BCUT2D eigenvalue weighted by molar-refractivity contribution is -0.116. The summed E-state index contributed by atoms with van der Waals surface area (Å²) in [6.07, 6.45) is 0.641. The number of esters is 1. The summed E-state index contributed by atoms with van der Waals surface area (Å²) in [7, 11) is 1.30. The summed E-state index contributed by atoms with van der Waals surface area (Å²) in [6.45, 7) is 0. The van der Waals surface area contributed by atoms with Gasteiger partial charge in [-0.1, -0.05) is 6.07 Å². The van der Waals surface area contributed by atoms with E-state index >= 15 is 0 Å². The molecule has 0 radical (unpaired) electrons. The van der Waals surface area contributed by atoms with Crippen LogP contribution in [-0.4, -0.2) is 19.0 Å². The summed E-state index contributed by atoms with van der Waals surface area (Å²) in [5.41, 5.74) is 1.66. The number of anilines is 1. The fraction of sp³-hybridized carbons (Fsp3) is 0.143. The van der Waals surface area contributed by atoms with Crippen LogP contribution in [0.4, 0.5) is 10.1 Å². The van der Waals surface area contributed by atoms with E-state index in [4.69, 9.17) is 4.42 Å². The van der Waals surface area contributed by atoms with Crippen molar-refractivity contribution in [2.75, 3.05) is 12.4 Å². The van der Waals surface area contributed by atoms with Gasteiger partial charge in [0.05, 0.1) is 12.7 Å². The quantitative estimate of drug-likeness (QED) is 0.654. The lowest BCUT2D eigenvalue weighted by atomic mass is 10.2. The van der Waals surface area contributed by atoms with Gasteiger partial charge in [0.25, 0.3) is 0 Å². The van der Waals surface area contributed by atoms with E-state index in [1.165, 1.54) is 19.2 Å². The van der Waals surface area contributed by atoms with Crippen LogP contribution in [0.3, 0.4) is 0 Å². The van der Waals surface area contributed by atoms with Crippen molar-refractivity contribution in [3.05, 3.63) is 77.8 Å². The normalized spacial score (nSPS) is 10.4. The number of furan rings is 1. The predicted molar refractivity (Wildman–Crippen MR) is 98.8 cm³/mol. The number of methoxy groups -OCH3 is 1. The SMILES string of the molecule is COC(=O)c1cccc(NC(=O)CCc2ccc(-c3ccc(F)cc3)o2)c1. The Labute approximate surface area is 155 Å². The Kier molecular flexibility index (Phi) is 5.66. The van der Waals surface area contributed by atoms with Crippen LogP contribution in [-0.2, 0) is 16.0 Å². The molecule has 3 aromatic rings. The third-order valence-corrected chi connectivity index (χ3v) is 3.96. The second kappa shape index (κ2) is 8.31. The van der Waals surface area contributed by atoms with Gasteiger partial charge in [-0.25, -0.2) is 9.18 Å². The van der Waals surface area contributed by atoms with Crippen molar-refractivity contribution >= 4 is 17.6 Å². The van der Waals surface area contributed by atoms with Crippen LogP contribution in [0.2, 0.25) is 0 Å². The van der Waals surface area contributed by atoms with Crippen molar-refractivity contribution in [2.24, 2.45) is 0 Å². The van der Waals surface area contributed by atoms with E-state index < -0.39 is 5.97 Å². The first-order valence-electron chi connectivity index (χ1n) is 8.38. The zero-order valence-electron chi connectivity index (χ0n) is 14.7. The second-order valence-electron chi connectivity index (χ2n) is 5.89. The van der Waals surface area contributed by atoms with E-state index in [-0.39, 0.29) is 18.1 Å². The average Bonchev–Trinajstić information content (AvgIpc) is 3.15. The zero-order valence-corrected chi connectivity index (χ0v) is 14.7. The van der Waals surface area contributed by atoms with Crippen LogP contribution in [0, 0.1) is 5.82 Å². The topological polar surface area (TPSA) is 68.5 Å². The summed E-state index contributed by atoms with van der Waals surface area (Å²) in [4.78, 5) is 23.7. The highest BCUT2D eigenvalue weighted by atomic mass is 19.1. The fourth-order valence-corrected chi connectivity index (χ4v) is 2.58. The maximum absolute atomic E-state index is 13.0. The largest absolute Gasteiger partial charge is 0.465 e. The second-order valence-corrected chi connectivity index (χ2v) is 5.89. The summed E-state index contributed by atoms with van der Waals surface area (Å²) in [6, 6.07) is 16.1. The van der Waals surface area contributed by atoms with Gasteiger partial charge in [0, 0.05) is 24.1 Å². The highest BCUT2D eigenvalue weighted by Crippen LogP contribution is 2.23. The standard InChI is InChI=1S/C21H18FNO4/c1-26-21(25)15-3-2-4-17(13-15)23-20(24)12-10-18-9-11-19(27-18)14-5-7-16(22)8-6-14/h2-9,11,13H,10,12H2,1H3,(H,23,24). The molecule has 27 heavy (non-hydrogen) atoms. The number of ether oxygens (including phenoxy) is 1. The number of benzene rings is 2. The molecule has 0 aliphatic carbocycles. The minimum Gasteiger partial charge on any atom is -0.465 e. The van der Waals surface area contributed by atoms with Crippen molar-refractivity contribution < 1.29 is 23.1 Å². The number of amides is 1. The van der Waals surface area contributed by atoms with Gasteiger partial charge < -0.3 is 14.5 Å². The molecule has 5 nitrogen and oxygen atoms in total. The third-order valence-electron chi connectivity index (χ3n) is 3.96. The predicted octanol–water partition coefficient (Wildman–Crippen LogP) is 4.44. The van der Waals surface area contributed by atoms with Crippen molar-refractivity contribution in [2.45, 2.75) is 12.8 Å². The molecule has 138 valence electrons. The van der Waals surface area contributed by atoms with Crippen LogP contribution in [0.15, 0.2) is 65.1 Å². The Balaban J connectivity index is 1.57. The molecule has 1 heterocycles. The number of hydrogen-bond donors (Lipinski definition) is 1. The molecular weight excluding hydrogens is 349 g/mol. The summed E-state index contributed by atoms with van der Waals surface area (Å²) < 4.78 is 23.4. The molecule has 0 saturated carbocycles.